The standard InChI is InChI=1S/C16H23N3O2/c1-5-16(6-2,20-4)15-18-14(21-19-15)11-17-13-9-7-12(3)8-10-13/h7-10,17H,5-6,11H2,1-4H3. The van der Waals surface area contributed by atoms with Crippen molar-refractivity contribution in [2.45, 2.75) is 45.8 Å². The quantitative estimate of drug-likeness (QED) is 0.843. The van der Waals surface area contributed by atoms with Crippen LogP contribution in [-0.2, 0) is 16.9 Å². The van der Waals surface area contributed by atoms with E-state index in [1.165, 1.54) is 5.56 Å². The summed E-state index contributed by atoms with van der Waals surface area (Å²) in [5.41, 5.74) is 1.81. The molecule has 0 radical (unpaired) electrons. The molecule has 2 rings (SSSR count). The van der Waals surface area contributed by atoms with E-state index >= 15 is 0 Å². The molecule has 0 spiro atoms. The molecule has 21 heavy (non-hydrogen) atoms. The maximum atomic E-state index is 5.61. The van der Waals surface area contributed by atoms with Crippen LogP contribution in [-0.4, -0.2) is 17.3 Å². The highest BCUT2D eigenvalue weighted by Crippen LogP contribution is 2.30. The van der Waals surface area contributed by atoms with Crippen LogP contribution in [0.2, 0.25) is 0 Å². The lowest BCUT2D eigenvalue weighted by Gasteiger charge is -2.25. The predicted octanol–water partition coefficient (Wildman–Crippen LogP) is 3.65. The molecule has 0 bridgehead atoms. The minimum atomic E-state index is -0.453. The zero-order valence-corrected chi connectivity index (χ0v) is 13.1. The highest BCUT2D eigenvalue weighted by Gasteiger charge is 2.33. The van der Waals surface area contributed by atoms with Crippen LogP contribution >= 0.6 is 0 Å². The minimum Gasteiger partial charge on any atom is -0.376 e. The fourth-order valence-electron chi connectivity index (χ4n) is 2.31. The zero-order valence-electron chi connectivity index (χ0n) is 13.1. The summed E-state index contributed by atoms with van der Waals surface area (Å²) in [6.45, 7) is 6.69. The average molecular weight is 289 g/mol. The summed E-state index contributed by atoms with van der Waals surface area (Å²) in [5.74, 6) is 1.18. The number of aromatic nitrogens is 2. The summed E-state index contributed by atoms with van der Waals surface area (Å²) < 4.78 is 10.9. The molecule has 0 aliphatic rings. The van der Waals surface area contributed by atoms with Gasteiger partial charge >= 0.3 is 0 Å². The molecule has 1 N–H and O–H groups in total. The van der Waals surface area contributed by atoms with Crippen LogP contribution in [0.5, 0.6) is 0 Å². The Balaban J connectivity index is 2.04. The maximum Gasteiger partial charge on any atom is 0.246 e. The number of hydrogen-bond donors (Lipinski definition) is 1. The smallest absolute Gasteiger partial charge is 0.246 e. The van der Waals surface area contributed by atoms with Gasteiger partial charge in [-0.1, -0.05) is 36.7 Å². The van der Waals surface area contributed by atoms with Gasteiger partial charge in [0.2, 0.25) is 11.7 Å². The molecular weight excluding hydrogens is 266 g/mol. The Morgan fingerprint density at radius 3 is 2.43 bits per heavy atom. The van der Waals surface area contributed by atoms with Crippen LogP contribution in [0.25, 0.3) is 0 Å². The lowest BCUT2D eigenvalue weighted by atomic mass is 9.96. The van der Waals surface area contributed by atoms with E-state index in [2.05, 4.69) is 48.4 Å². The molecule has 0 aliphatic heterocycles. The van der Waals surface area contributed by atoms with Crippen molar-refractivity contribution in [3.05, 3.63) is 41.5 Å². The Hall–Kier alpha value is -1.88. The number of ether oxygens (including phenoxy) is 1. The molecule has 114 valence electrons. The van der Waals surface area contributed by atoms with Gasteiger partial charge < -0.3 is 14.6 Å². The van der Waals surface area contributed by atoms with Crippen molar-refractivity contribution < 1.29 is 9.26 Å². The first kappa shape index (κ1) is 15.5. The number of benzene rings is 1. The summed E-state index contributed by atoms with van der Waals surface area (Å²) in [6, 6.07) is 8.19. The molecule has 5 heteroatoms. The Labute approximate surface area is 125 Å². The summed E-state index contributed by atoms with van der Waals surface area (Å²) in [4.78, 5) is 4.46. The molecule has 0 aliphatic carbocycles. The fourth-order valence-corrected chi connectivity index (χ4v) is 2.31. The summed E-state index contributed by atoms with van der Waals surface area (Å²) in [6.07, 6.45) is 1.62. The van der Waals surface area contributed by atoms with Gasteiger partial charge in [0.1, 0.15) is 5.60 Å². The lowest BCUT2D eigenvalue weighted by Crippen LogP contribution is -2.28. The molecule has 5 nitrogen and oxygen atoms in total. The monoisotopic (exact) mass is 289 g/mol. The maximum absolute atomic E-state index is 5.61. The van der Waals surface area contributed by atoms with E-state index in [-0.39, 0.29) is 0 Å². The van der Waals surface area contributed by atoms with Crippen LogP contribution in [0.3, 0.4) is 0 Å². The molecule has 1 aromatic carbocycles. The van der Waals surface area contributed by atoms with Gasteiger partial charge in [0.25, 0.3) is 0 Å². The second-order valence-corrected chi connectivity index (χ2v) is 5.14. The zero-order chi connectivity index (χ0) is 15.3. The number of aryl methyl sites for hydroxylation is 1. The van der Waals surface area contributed by atoms with Gasteiger partial charge in [-0.2, -0.15) is 4.98 Å². The number of nitrogens with zero attached hydrogens (tertiary/aromatic N) is 2. The summed E-state index contributed by atoms with van der Waals surface area (Å²) in [7, 11) is 1.69. The van der Waals surface area contributed by atoms with E-state index in [1.54, 1.807) is 7.11 Å². The van der Waals surface area contributed by atoms with Gasteiger partial charge in [0, 0.05) is 12.8 Å². The van der Waals surface area contributed by atoms with Gasteiger partial charge in [0.05, 0.1) is 6.54 Å². The van der Waals surface area contributed by atoms with E-state index in [0.717, 1.165) is 18.5 Å². The van der Waals surface area contributed by atoms with Crippen LogP contribution in [0, 0.1) is 6.92 Å². The first-order valence-electron chi connectivity index (χ1n) is 7.32. The molecule has 0 saturated heterocycles. The molecule has 0 unspecified atom stereocenters. The molecule has 0 amide bonds. The highest BCUT2D eigenvalue weighted by molar-refractivity contribution is 5.44. The van der Waals surface area contributed by atoms with E-state index in [4.69, 9.17) is 9.26 Å². The van der Waals surface area contributed by atoms with Crippen LogP contribution in [0.15, 0.2) is 28.8 Å². The summed E-state index contributed by atoms with van der Waals surface area (Å²) in [5, 5.41) is 7.35. The van der Waals surface area contributed by atoms with Gasteiger partial charge in [-0.3, -0.25) is 0 Å². The molecule has 2 aromatic rings. The van der Waals surface area contributed by atoms with Crippen molar-refractivity contribution in [1.29, 1.82) is 0 Å². The molecule has 0 saturated carbocycles. The van der Waals surface area contributed by atoms with E-state index in [9.17, 15) is 0 Å². The molecule has 0 fully saturated rings. The van der Waals surface area contributed by atoms with Crippen LogP contribution in [0.1, 0.15) is 44.0 Å². The molecule has 0 atom stereocenters. The van der Waals surface area contributed by atoms with Crippen LogP contribution < -0.4 is 5.32 Å². The topological polar surface area (TPSA) is 60.2 Å². The Kier molecular flexibility index (Phi) is 4.96. The number of methoxy groups -OCH3 is 1. The third-order valence-corrected chi connectivity index (χ3v) is 3.90. The largest absolute Gasteiger partial charge is 0.376 e. The first-order valence-corrected chi connectivity index (χ1v) is 7.32. The van der Waals surface area contributed by atoms with Crippen molar-refractivity contribution in [3.8, 4) is 0 Å². The van der Waals surface area contributed by atoms with Gasteiger partial charge in [0.15, 0.2) is 0 Å². The van der Waals surface area contributed by atoms with Crippen molar-refractivity contribution in [2.75, 3.05) is 12.4 Å². The Morgan fingerprint density at radius 2 is 1.86 bits per heavy atom. The third-order valence-electron chi connectivity index (χ3n) is 3.90. The lowest BCUT2D eigenvalue weighted by molar-refractivity contribution is -0.0306. The molecule has 1 aromatic heterocycles. The molecule has 1 heterocycles. The van der Waals surface area contributed by atoms with Gasteiger partial charge in [-0.15, -0.1) is 0 Å². The number of anilines is 1. The second-order valence-electron chi connectivity index (χ2n) is 5.14. The first-order chi connectivity index (χ1) is 10.1. The Morgan fingerprint density at radius 1 is 1.19 bits per heavy atom. The van der Waals surface area contributed by atoms with Crippen molar-refractivity contribution in [3.63, 3.8) is 0 Å². The average Bonchev–Trinajstić information content (AvgIpc) is 2.99. The van der Waals surface area contributed by atoms with Crippen molar-refractivity contribution in [1.82, 2.24) is 10.1 Å². The van der Waals surface area contributed by atoms with E-state index in [0.29, 0.717) is 18.3 Å². The Bertz CT molecular complexity index is 551. The third kappa shape index (κ3) is 3.42. The normalized spacial score (nSPS) is 11.6. The fraction of sp³-hybridized carbons (Fsp3) is 0.500. The van der Waals surface area contributed by atoms with Crippen molar-refractivity contribution in [2.24, 2.45) is 0 Å². The highest BCUT2D eigenvalue weighted by atomic mass is 16.5. The van der Waals surface area contributed by atoms with Gasteiger partial charge in [-0.05, 0) is 31.9 Å². The van der Waals surface area contributed by atoms with Gasteiger partial charge in [-0.25, -0.2) is 0 Å². The van der Waals surface area contributed by atoms with E-state index < -0.39 is 5.60 Å². The predicted molar refractivity (Wildman–Crippen MR) is 82.1 cm³/mol. The van der Waals surface area contributed by atoms with Crippen molar-refractivity contribution >= 4 is 5.69 Å². The second kappa shape index (κ2) is 6.72. The number of rotatable bonds is 7. The number of nitrogens with one attached hydrogen (secondary N) is 1. The van der Waals surface area contributed by atoms with Crippen LogP contribution in [0.4, 0.5) is 5.69 Å². The minimum absolute atomic E-state index is 0.453. The number of hydrogen-bond acceptors (Lipinski definition) is 5. The SMILES string of the molecule is CCC(CC)(OC)c1noc(CNc2ccc(C)cc2)n1. The molecular formula is C16H23N3O2. The van der Waals surface area contributed by atoms with E-state index in [1.807, 2.05) is 12.1 Å². The summed E-state index contributed by atoms with van der Waals surface area (Å²) >= 11 is 0.